The molecule has 3 N–H and O–H groups in total. The minimum Gasteiger partial charge on any atom is -0.466 e. The first-order chi connectivity index (χ1) is 37.0. The quantitative estimate of drug-likeness (QED) is 0.0320. The lowest BCUT2D eigenvalue weighted by atomic mass is 10.0. The van der Waals surface area contributed by atoms with Gasteiger partial charge >= 0.3 is 5.97 Å². The van der Waals surface area contributed by atoms with E-state index in [4.69, 9.17) is 4.74 Å². The van der Waals surface area contributed by atoms with Crippen LogP contribution in [0.1, 0.15) is 354 Å². The number of esters is 1. The van der Waals surface area contributed by atoms with Crippen molar-refractivity contribution < 1.29 is 24.5 Å². The van der Waals surface area contributed by atoms with E-state index in [2.05, 4.69) is 55.6 Å². The summed E-state index contributed by atoms with van der Waals surface area (Å²) in [6, 6.07) is -0.636. The number of hydrogen-bond acceptors (Lipinski definition) is 5. The summed E-state index contributed by atoms with van der Waals surface area (Å²) in [5, 5.41) is 23.2. The van der Waals surface area contributed by atoms with Crippen molar-refractivity contribution in [3.63, 3.8) is 0 Å². The van der Waals surface area contributed by atoms with Gasteiger partial charge in [0.25, 0.3) is 0 Å². The molecule has 0 heterocycles. The SMILES string of the molecule is CCC/C=C\C/C=C\CCCCCCCC(=O)OCCCCCCCCCCCC/C=C\CCCCCCCCCC(=O)NC(CO)C(O)/C=C/CCCCCCCCCCCCCCCCCCCCCCCC. The fourth-order valence-electron chi connectivity index (χ4n) is 10.2. The molecule has 0 bridgehead atoms. The second kappa shape index (κ2) is 64.3. The maximum atomic E-state index is 12.5. The summed E-state index contributed by atoms with van der Waals surface area (Å²) in [4.78, 5) is 24.5. The van der Waals surface area contributed by atoms with Crippen molar-refractivity contribution in [2.45, 2.75) is 366 Å². The molecule has 6 heteroatoms. The summed E-state index contributed by atoms with van der Waals surface area (Å²) in [6.07, 6.45) is 83.1. The van der Waals surface area contributed by atoms with Crippen molar-refractivity contribution in [1.29, 1.82) is 0 Å². The van der Waals surface area contributed by atoms with Crippen LogP contribution in [0.4, 0.5) is 0 Å². The average molecular weight is 1050 g/mol. The number of ether oxygens (including phenoxy) is 1. The monoisotopic (exact) mass is 1050 g/mol. The van der Waals surface area contributed by atoms with Crippen LogP contribution in [-0.2, 0) is 14.3 Å². The Balaban J connectivity index is 3.47. The highest BCUT2D eigenvalue weighted by Crippen LogP contribution is 2.18. The molecule has 2 atom stereocenters. The summed E-state index contributed by atoms with van der Waals surface area (Å²) in [6.45, 7) is 4.85. The first kappa shape index (κ1) is 72.8. The van der Waals surface area contributed by atoms with Crippen molar-refractivity contribution in [3.8, 4) is 0 Å². The molecule has 0 spiro atoms. The lowest BCUT2D eigenvalue weighted by molar-refractivity contribution is -0.143. The van der Waals surface area contributed by atoms with Crippen molar-refractivity contribution in [2.75, 3.05) is 13.2 Å². The standard InChI is InChI=1S/C69H129NO5/c1-3-5-7-9-11-13-15-17-18-19-20-21-22-23-25-28-31-34-38-41-45-49-53-57-61-67(72)66(65-71)70-68(73)62-58-54-50-46-42-39-35-32-29-26-24-27-30-33-36-40-44-48-52-56-60-64-75-69(74)63-59-55-51-47-43-37-16-14-12-10-8-6-4-2/h8,10,14,16,26,29,57,61,66-67,71-72H,3-7,9,11-13,15,17-25,27-28,30-56,58-60,62-65H2,1-2H3,(H,70,73)/b10-8-,16-14-,29-26-,61-57+. The Morgan fingerprint density at radius 1 is 0.373 bits per heavy atom. The van der Waals surface area contributed by atoms with E-state index in [0.29, 0.717) is 19.4 Å². The molecule has 0 aromatic heterocycles. The minimum absolute atomic E-state index is 0.00772. The van der Waals surface area contributed by atoms with Crippen LogP contribution in [-0.4, -0.2) is 47.4 Å². The molecule has 6 nitrogen and oxygen atoms in total. The van der Waals surface area contributed by atoms with Gasteiger partial charge in [0.15, 0.2) is 0 Å². The first-order valence-electron chi connectivity index (χ1n) is 33.4. The third-order valence-corrected chi connectivity index (χ3v) is 15.3. The summed E-state index contributed by atoms with van der Waals surface area (Å²) < 4.78 is 5.47. The molecule has 0 aliphatic rings. The summed E-state index contributed by atoms with van der Waals surface area (Å²) in [7, 11) is 0. The van der Waals surface area contributed by atoms with Gasteiger partial charge in [0.2, 0.25) is 5.91 Å². The Hall–Kier alpha value is -2.18. The van der Waals surface area contributed by atoms with Crippen LogP contribution in [0.5, 0.6) is 0 Å². The van der Waals surface area contributed by atoms with E-state index in [0.717, 1.165) is 57.8 Å². The Kier molecular flexibility index (Phi) is 62.5. The third-order valence-electron chi connectivity index (χ3n) is 15.3. The molecular formula is C69H129NO5. The zero-order valence-electron chi connectivity index (χ0n) is 50.3. The largest absolute Gasteiger partial charge is 0.466 e. The fourth-order valence-corrected chi connectivity index (χ4v) is 10.2. The van der Waals surface area contributed by atoms with E-state index < -0.39 is 12.1 Å². The molecule has 75 heavy (non-hydrogen) atoms. The van der Waals surface area contributed by atoms with E-state index in [1.54, 1.807) is 6.08 Å². The van der Waals surface area contributed by atoms with Gasteiger partial charge in [0.05, 0.1) is 25.4 Å². The highest BCUT2D eigenvalue weighted by atomic mass is 16.5. The molecular weight excluding hydrogens is 923 g/mol. The number of carbonyl (C=O) groups is 2. The fraction of sp³-hybridized carbons (Fsp3) is 0.855. The summed E-state index contributed by atoms with van der Waals surface area (Å²) >= 11 is 0. The van der Waals surface area contributed by atoms with Gasteiger partial charge in [0, 0.05) is 12.8 Å². The Morgan fingerprint density at radius 3 is 1.08 bits per heavy atom. The first-order valence-corrected chi connectivity index (χ1v) is 33.4. The molecule has 0 saturated carbocycles. The molecule has 0 rings (SSSR count). The predicted octanol–water partition coefficient (Wildman–Crippen LogP) is 21.3. The van der Waals surface area contributed by atoms with Gasteiger partial charge < -0.3 is 20.3 Å². The number of allylic oxidation sites excluding steroid dienone is 7. The molecule has 0 radical (unpaired) electrons. The number of hydrogen-bond donors (Lipinski definition) is 3. The lowest BCUT2D eigenvalue weighted by Gasteiger charge is -2.20. The van der Waals surface area contributed by atoms with Crippen LogP contribution < -0.4 is 5.32 Å². The number of rotatable bonds is 62. The highest BCUT2D eigenvalue weighted by Gasteiger charge is 2.18. The molecule has 0 aliphatic heterocycles. The van der Waals surface area contributed by atoms with E-state index in [1.807, 2.05) is 6.08 Å². The number of aliphatic hydroxyl groups excluding tert-OH is 2. The number of carbonyl (C=O) groups excluding carboxylic acids is 2. The van der Waals surface area contributed by atoms with Crippen LogP contribution >= 0.6 is 0 Å². The van der Waals surface area contributed by atoms with Gasteiger partial charge in [-0.25, -0.2) is 0 Å². The zero-order valence-corrected chi connectivity index (χ0v) is 50.3. The number of unbranched alkanes of at least 4 members (excludes halogenated alkanes) is 45. The van der Waals surface area contributed by atoms with E-state index >= 15 is 0 Å². The zero-order chi connectivity index (χ0) is 54.3. The van der Waals surface area contributed by atoms with Crippen molar-refractivity contribution >= 4 is 11.9 Å². The van der Waals surface area contributed by atoms with Gasteiger partial charge in [0.1, 0.15) is 0 Å². The van der Waals surface area contributed by atoms with Crippen molar-refractivity contribution in [1.82, 2.24) is 5.32 Å². The average Bonchev–Trinajstić information content (AvgIpc) is 3.41. The number of nitrogens with one attached hydrogen (secondary N) is 1. The van der Waals surface area contributed by atoms with Gasteiger partial charge in [-0.05, 0) is 83.5 Å². The molecule has 1 amide bonds. The molecule has 0 fully saturated rings. The van der Waals surface area contributed by atoms with E-state index in [1.165, 1.54) is 270 Å². The highest BCUT2D eigenvalue weighted by molar-refractivity contribution is 5.76. The Morgan fingerprint density at radius 2 is 0.693 bits per heavy atom. The molecule has 0 aromatic rings. The molecule has 0 saturated heterocycles. The van der Waals surface area contributed by atoms with Crippen LogP contribution in [0.15, 0.2) is 48.6 Å². The maximum absolute atomic E-state index is 12.5. The van der Waals surface area contributed by atoms with Crippen molar-refractivity contribution in [2.24, 2.45) is 0 Å². The van der Waals surface area contributed by atoms with Crippen LogP contribution in [0, 0.1) is 0 Å². The smallest absolute Gasteiger partial charge is 0.305 e. The third kappa shape index (κ3) is 60.9. The maximum Gasteiger partial charge on any atom is 0.305 e. The lowest BCUT2D eigenvalue weighted by Crippen LogP contribution is -2.45. The minimum atomic E-state index is -0.852. The van der Waals surface area contributed by atoms with Gasteiger partial charge in [-0.3, -0.25) is 9.59 Å². The normalized spacial score (nSPS) is 12.9. The molecule has 0 aromatic carbocycles. The second-order valence-electron chi connectivity index (χ2n) is 22.8. The van der Waals surface area contributed by atoms with E-state index in [9.17, 15) is 19.8 Å². The van der Waals surface area contributed by atoms with Crippen LogP contribution in [0.2, 0.25) is 0 Å². The van der Waals surface area contributed by atoms with Crippen molar-refractivity contribution in [3.05, 3.63) is 48.6 Å². The summed E-state index contributed by atoms with van der Waals surface area (Å²) in [5.41, 5.74) is 0. The van der Waals surface area contributed by atoms with Gasteiger partial charge in [-0.15, -0.1) is 0 Å². The molecule has 440 valence electrons. The Bertz CT molecular complexity index is 1260. The molecule has 0 aliphatic carbocycles. The Labute approximate surface area is 467 Å². The van der Waals surface area contributed by atoms with E-state index in [-0.39, 0.29) is 18.5 Å². The number of aliphatic hydroxyl groups is 2. The number of amides is 1. The van der Waals surface area contributed by atoms with Crippen LogP contribution in [0.25, 0.3) is 0 Å². The predicted molar refractivity (Wildman–Crippen MR) is 329 cm³/mol. The molecule has 2 unspecified atom stereocenters. The summed E-state index contributed by atoms with van der Waals surface area (Å²) in [5.74, 6) is -0.0809. The topological polar surface area (TPSA) is 95.9 Å². The van der Waals surface area contributed by atoms with Gasteiger partial charge in [-0.2, -0.15) is 0 Å². The second-order valence-corrected chi connectivity index (χ2v) is 22.8. The van der Waals surface area contributed by atoms with Gasteiger partial charge in [-0.1, -0.05) is 306 Å². The van der Waals surface area contributed by atoms with Crippen LogP contribution in [0.3, 0.4) is 0 Å².